The molecular formula is C15H24N2O3. The van der Waals surface area contributed by atoms with Crippen molar-refractivity contribution in [1.82, 2.24) is 10.2 Å². The molecule has 2 heterocycles. The van der Waals surface area contributed by atoms with Gasteiger partial charge in [-0.25, -0.2) is 4.79 Å². The number of ether oxygens (including phenoxy) is 1. The van der Waals surface area contributed by atoms with Gasteiger partial charge in [0.1, 0.15) is 11.3 Å². The highest BCUT2D eigenvalue weighted by Gasteiger charge is 2.24. The van der Waals surface area contributed by atoms with E-state index in [0.717, 1.165) is 26.1 Å². The van der Waals surface area contributed by atoms with Crippen LogP contribution < -0.4 is 5.32 Å². The molecule has 112 valence electrons. The molecule has 0 saturated carbocycles. The molecular weight excluding hydrogens is 256 g/mol. The first-order valence-electron chi connectivity index (χ1n) is 7.35. The second-order valence-electron chi connectivity index (χ2n) is 5.22. The summed E-state index contributed by atoms with van der Waals surface area (Å²) in [5.74, 6) is 0.378. The number of rotatable bonds is 6. The Kier molecular flexibility index (Phi) is 5.61. The first-order chi connectivity index (χ1) is 9.76. The maximum absolute atomic E-state index is 11.7. The third kappa shape index (κ3) is 3.61. The van der Waals surface area contributed by atoms with Crippen LogP contribution in [0.25, 0.3) is 0 Å². The van der Waals surface area contributed by atoms with E-state index in [1.54, 1.807) is 12.3 Å². The van der Waals surface area contributed by atoms with Gasteiger partial charge in [0.25, 0.3) is 0 Å². The van der Waals surface area contributed by atoms with Crippen molar-refractivity contribution in [2.45, 2.75) is 38.8 Å². The number of furan rings is 1. The molecule has 1 saturated heterocycles. The summed E-state index contributed by atoms with van der Waals surface area (Å²) in [4.78, 5) is 14.1. The Balaban J connectivity index is 2.07. The van der Waals surface area contributed by atoms with Crippen molar-refractivity contribution in [3.05, 3.63) is 23.7 Å². The van der Waals surface area contributed by atoms with E-state index in [-0.39, 0.29) is 5.97 Å². The van der Waals surface area contributed by atoms with Gasteiger partial charge in [0.15, 0.2) is 0 Å². The van der Waals surface area contributed by atoms with Crippen molar-refractivity contribution in [2.24, 2.45) is 0 Å². The van der Waals surface area contributed by atoms with E-state index >= 15 is 0 Å². The summed E-state index contributed by atoms with van der Waals surface area (Å²) in [5.41, 5.74) is 0.539. The Morgan fingerprint density at radius 1 is 1.60 bits per heavy atom. The van der Waals surface area contributed by atoms with Crippen molar-refractivity contribution < 1.29 is 13.9 Å². The normalized spacial score (nSPS) is 19.2. The summed E-state index contributed by atoms with van der Waals surface area (Å²) >= 11 is 0. The van der Waals surface area contributed by atoms with Crippen molar-refractivity contribution >= 4 is 5.97 Å². The maximum Gasteiger partial charge on any atom is 0.341 e. The molecule has 1 aromatic heterocycles. The number of hydrogen-bond donors (Lipinski definition) is 1. The van der Waals surface area contributed by atoms with Crippen LogP contribution in [0.15, 0.2) is 16.7 Å². The van der Waals surface area contributed by atoms with Crippen LogP contribution in [-0.4, -0.2) is 43.7 Å². The summed E-state index contributed by atoms with van der Waals surface area (Å²) in [7, 11) is 1.40. The van der Waals surface area contributed by atoms with Gasteiger partial charge < -0.3 is 14.5 Å². The molecule has 5 nitrogen and oxygen atoms in total. The van der Waals surface area contributed by atoms with Crippen LogP contribution in [-0.2, 0) is 11.3 Å². The molecule has 1 aliphatic rings. The van der Waals surface area contributed by atoms with Gasteiger partial charge in [0.2, 0.25) is 0 Å². The summed E-state index contributed by atoms with van der Waals surface area (Å²) < 4.78 is 10.3. The number of carbonyl (C=O) groups excluding carboxylic acids is 1. The van der Waals surface area contributed by atoms with Gasteiger partial charge in [-0.15, -0.1) is 0 Å². The lowest BCUT2D eigenvalue weighted by Crippen LogP contribution is -2.46. The van der Waals surface area contributed by atoms with E-state index in [1.807, 2.05) is 0 Å². The standard InChI is InChI=1S/C15H24N2O3/c1-3-8-17(12-5-4-7-16-10-12)11-14-13(6-9-20-14)15(18)19-2/h6,9,12,16H,3-5,7-8,10-11H2,1-2H3. The first kappa shape index (κ1) is 15.1. The van der Waals surface area contributed by atoms with Gasteiger partial charge >= 0.3 is 5.97 Å². The minimum atomic E-state index is -0.327. The monoisotopic (exact) mass is 280 g/mol. The average Bonchev–Trinajstić information content (AvgIpc) is 2.95. The number of piperidine rings is 1. The van der Waals surface area contributed by atoms with Gasteiger partial charge in [-0.3, -0.25) is 4.90 Å². The number of nitrogens with one attached hydrogen (secondary N) is 1. The van der Waals surface area contributed by atoms with Gasteiger partial charge in [-0.05, 0) is 38.4 Å². The number of esters is 1. The van der Waals surface area contributed by atoms with Crippen LogP contribution in [0.2, 0.25) is 0 Å². The molecule has 20 heavy (non-hydrogen) atoms. The van der Waals surface area contributed by atoms with Crippen LogP contribution >= 0.6 is 0 Å². The second kappa shape index (κ2) is 7.45. The van der Waals surface area contributed by atoms with Gasteiger partial charge in [-0.1, -0.05) is 6.92 Å². The Labute approximate surface area is 120 Å². The molecule has 1 fully saturated rings. The number of hydrogen-bond acceptors (Lipinski definition) is 5. The zero-order valence-electron chi connectivity index (χ0n) is 12.4. The maximum atomic E-state index is 11.7. The summed E-state index contributed by atoms with van der Waals surface area (Å²) in [6.07, 6.45) is 5.05. The summed E-state index contributed by atoms with van der Waals surface area (Å²) in [6.45, 7) is 5.96. The van der Waals surface area contributed by atoms with E-state index in [2.05, 4.69) is 17.1 Å². The summed E-state index contributed by atoms with van der Waals surface area (Å²) in [6, 6.07) is 2.20. The Morgan fingerprint density at radius 3 is 3.10 bits per heavy atom. The third-order valence-corrected chi connectivity index (χ3v) is 3.80. The largest absolute Gasteiger partial charge is 0.467 e. The summed E-state index contributed by atoms with van der Waals surface area (Å²) in [5, 5.41) is 3.44. The lowest BCUT2D eigenvalue weighted by molar-refractivity contribution is 0.0594. The Morgan fingerprint density at radius 2 is 2.45 bits per heavy atom. The van der Waals surface area contributed by atoms with Crippen molar-refractivity contribution in [2.75, 3.05) is 26.7 Å². The van der Waals surface area contributed by atoms with Crippen LogP contribution in [0.5, 0.6) is 0 Å². The molecule has 0 bridgehead atoms. The topological polar surface area (TPSA) is 54.7 Å². The highest BCUT2D eigenvalue weighted by Crippen LogP contribution is 2.19. The van der Waals surface area contributed by atoms with Crippen LogP contribution in [0.4, 0.5) is 0 Å². The van der Waals surface area contributed by atoms with E-state index in [0.29, 0.717) is 23.9 Å². The predicted octanol–water partition coefficient (Wildman–Crippen LogP) is 2.03. The van der Waals surface area contributed by atoms with E-state index < -0.39 is 0 Å². The van der Waals surface area contributed by atoms with Gasteiger partial charge in [0.05, 0.1) is 19.9 Å². The first-order valence-corrected chi connectivity index (χ1v) is 7.35. The van der Waals surface area contributed by atoms with Crippen molar-refractivity contribution in [1.29, 1.82) is 0 Å². The fraction of sp³-hybridized carbons (Fsp3) is 0.667. The molecule has 0 aliphatic carbocycles. The number of methoxy groups -OCH3 is 1. The Hall–Kier alpha value is -1.33. The smallest absolute Gasteiger partial charge is 0.341 e. The molecule has 1 atom stereocenters. The number of nitrogens with zero attached hydrogens (tertiary/aromatic N) is 1. The quantitative estimate of drug-likeness (QED) is 0.808. The molecule has 1 unspecified atom stereocenters. The fourth-order valence-corrected chi connectivity index (χ4v) is 2.76. The minimum absolute atomic E-state index is 0.327. The zero-order valence-corrected chi connectivity index (χ0v) is 12.4. The SMILES string of the molecule is CCCN(Cc1occc1C(=O)OC)C1CCCNC1. The zero-order chi connectivity index (χ0) is 14.4. The minimum Gasteiger partial charge on any atom is -0.467 e. The van der Waals surface area contributed by atoms with Crippen molar-refractivity contribution in [3.8, 4) is 0 Å². The molecule has 0 radical (unpaired) electrons. The van der Waals surface area contributed by atoms with Crippen LogP contribution in [0, 0.1) is 0 Å². The number of carbonyl (C=O) groups is 1. The molecule has 1 N–H and O–H groups in total. The lowest BCUT2D eigenvalue weighted by Gasteiger charge is -2.34. The Bertz CT molecular complexity index is 425. The molecule has 2 rings (SSSR count). The molecule has 1 aliphatic heterocycles. The molecule has 1 aromatic rings. The van der Waals surface area contributed by atoms with E-state index in [1.165, 1.54) is 20.0 Å². The van der Waals surface area contributed by atoms with E-state index in [4.69, 9.17) is 9.15 Å². The van der Waals surface area contributed by atoms with Crippen LogP contribution in [0.3, 0.4) is 0 Å². The van der Waals surface area contributed by atoms with E-state index in [9.17, 15) is 4.79 Å². The highest BCUT2D eigenvalue weighted by atomic mass is 16.5. The second-order valence-corrected chi connectivity index (χ2v) is 5.22. The fourth-order valence-electron chi connectivity index (χ4n) is 2.76. The third-order valence-electron chi connectivity index (χ3n) is 3.80. The average molecular weight is 280 g/mol. The highest BCUT2D eigenvalue weighted by molar-refractivity contribution is 5.90. The molecule has 5 heteroatoms. The lowest BCUT2D eigenvalue weighted by atomic mass is 10.0. The van der Waals surface area contributed by atoms with Gasteiger partial charge in [-0.2, -0.15) is 0 Å². The van der Waals surface area contributed by atoms with Crippen LogP contribution in [0.1, 0.15) is 42.3 Å². The predicted molar refractivity (Wildman–Crippen MR) is 76.6 cm³/mol. The molecule has 0 amide bonds. The molecule has 0 aromatic carbocycles. The van der Waals surface area contributed by atoms with Gasteiger partial charge in [0, 0.05) is 12.6 Å². The van der Waals surface area contributed by atoms with Crippen molar-refractivity contribution in [3.63, 3.8) is 0 Å². The molecule has 0 spiro atoms.